The zero-order valence-electron chi connectivity index (χ0n) is 10.7. The van der Waals surface area contributed by atoms with Gasteiger partial charge in [0.1, 0.15) is 0 Å². The Balaban J connectivity index is 2.07. The van der Waals surface area contributed by atoms with Crippen LogP contribution in [0.4, 0.5) is 5.69 Å². The largest absolute Gasteiger partial charge is 0.481 e. The van der Waals surface area contributed by atoms with E-state index < -0.39 is 11.5 Å². The van der Waals surface area contributed by atoms with E-state index in [0.29, 0.717) is 24.9 Å². The first-order valence-electron chi connectivity index (χ1n) is 6.41. The number of aliphatic carboxylic acids is 1. The fourth-order valence-electron chi connectivity index (χ4n) is 2.13. The molecule has 0 spiro atoms. The van der Waals surface area contributed by atoms with Gasteiger partial charge in [-0.2, -0.15) is 0 Å². The minimum Gasteiger partial charge on any atom is -0.481 e. The zero-order valence-corrected chi connectivity index (χ0v) is 10.7. The molecular formula is C14H18N2O3. The maximum absolute atomic E-state index is 12.1. The van der Waals surface area contributed by atoms with E-state index in [1.165, 1.54) is 0 Å². The van der Waals surface area contributed by atoms with Crippen molar-refractivity contribution < 1.29 is 14.7 Å². The molecule has 1 aliphatic rings. The Hall–Kier alpha value is -1.88. The standard InChI is InChI=1S/C14H18N2O3/c15-14(8-3-9-14)13(19)16-11-5-2-1-4-10(11)6-7-12(17)18/h1-2,4-5H,3,6-9,15H2,(H,16,19)(H,17,18). The number of nitrogens with two attached hydrogens (primary N) is 1. The number of hydrogen-bond acceptors (Lipinski definition) is 3. The average molecular weight is 262 g/mol. The summed E-state index contributed by atoms with van der Waals surface area (Å²) in [6.45, 7) is 0. The Morgan fingerprint density at radius 1 is 1.32 bits per heavy atom. The van der Waals surface area contributed by atoms with Gasteiger partial charge in [0.15, 0.2) is 0 Å². The first kappa shape index (κ1) is 13.5. The Labute approximate surface area is 111 Å². The molecule has 1 amide bonds. The second-order valence-corrected chi connectivity index (χ2v) is 5.01. The molecule has 1 saturated carbocycles. The second kappa shape index (κ2) is 5.40. The van der Waals surface area contributed by atoms with Crippen molar-refractivity contribution in [2.45, 2.75) is 37.6 Å². The van der Waals surface area contributed by atoms with E-state index in [-0.39, 0.29) is 12.3 Å². The van der Waals surface area contributed by atoms with Gasteiger partial charge >= 0.3 is 5.97 Å². The van der Waals surface area contributed by atoms with E-state index in [2.05, 4.69) is 5.32 Å². The minimum absolute atomic E-state index is 0.0423. The van der Waals surface area contributed by atoms with Crippen LogP contribution < -0.4 is 11.1 Å². The highest BCUT2D eigenvalue weighted by molar-refractivity contribution is 5.99. The van der Waals surface area contributed by atoms with Crippen molar-refractivity contribution in [1.29, 1.82) is 0 Å². The van der Waals surface area contributed by atoms with Gasteiger partial charge in [-0.15, -0.1) is 0 Å². The first-order valence-corrected chi connectivity index (χ1v) is 6.41. The van der Waals surface area contributed by atoms with Gasteiger partial charge in [0.05, 0.1) is 5.54 Å². The molecule has 19 heavy (non-hydrogen) atoms. The molecule has 4 N–H and O–H groups in total. The van der Waals surface area contributed by atoms with Gasteiger partial charge in [0.25, 0.3) is 0 Å². The molecule has 1 aromatic rings. The van der Waals surface area contributed by atoms with Crippen LogP contribution in [-0.2, 0) is 16.0 Å². The maximum Gasteiger partial charge on any atom is 0.303 e. The van der Waals surface area contributed by atoms with Gasteiger partial charge in [-0.3, -0.25) is 9.59 Å². The third-order valence-electron chi connectivity index (χ3n) is 3.57. The maximum atomic E-state index is 12.1. The third kappa shape index (κ3) is 3.12. The quantitative estimate of drug-likeness (QED) is 0.750. The molecule has 0 atom stereocenters. The molecular weight excluding hydrogens is 244 g/mol. The Morgan fingerprint density at radius 2 is 2.00 bits per heavy atom. The van der Waals surface area contributed by atoms with Crippen molar-refractivity contribution >= 4 is 17.6 Å². The normalized spacial score (nSPS) is 16.5. The Kier molecular flexibility index (Phi) is 3.85. The summed E-state index contributed by atoms with van der Waals surface area (Å²) in [6.07, 6.45) is 2.82. The Morgan fingerprint density at radius 3 is 2.58 bits per heavy atom. The third-order valence-corrected chi connectivity index (χ3v) is 3.57. The summed E-state index contributed by atoms with van der Waals surface area (Å²) in [6, 6.07) is 7.23. The fourth-order valence-corrected chi connectivity index (χ4v) is 2.13. The van der Waals surface area contributed by atoms with Gasteiger partial charge in [0, 0.05) is 12.1 Å². The van der Waals surface area contributed by atoms with Crippen molar-refractivity contribution in [3.63, 3.8) is 0 Å². The van der Waals surface area contributed by atoms with Crippen LogP contribution >= 0.6 is 0 Å². The summed E-state index contributed by atoms with van der Waals surface area (Å²) in [5.41, 5.74) is 6.69. The predicted octanol–water partition coefficient (Wildman–Crippen LogP) is 1.52. The van der Waals surface area contributed by atoms with Crippen LogP contribution in [0, 0.1) is 0 Å². The summed E-state index contributed by atoms with van der Waals surface area (Å²) >= 11 is 0. The lowest BCUT2D eigenvalue weighted by Gasteiger charge is -2.36. The molecule has 0 saturated heterocycles. The van der Waals surface area contributed by atoms with Gasteiger partial charge in [-0.25, -0.2) is 0 Å². The van der Waals surface area contributed by atoms with Crippen LogP contribution in [0.5, 0.6) is 0 Å². The molecule has 0 unspecified atom stereocenters. The summed E-state index contributed by atoms with van der Waals surface area (Å²) in [4.78, 5) is 22.7. The topological polar surface area (TPSA) is 92.4 Å². The van der Waals surface area contributed by atoms with Gasteiger partial charge in [0.2, 0.25) is 5.91 Å². The number of rotatable bonds is 5. The number of carbonyl (C=O) groups excluding carboxylic acids is 1. The number of amides is 1. The molecule has 1 aliphatic carbocycles. The molecule has 5 nitrogen and oxygen atoms in total. The van der Waals surface area contributed by atoms with E-state index in [1.54, 1.807) is 6.07 Å². The molecule has 102 valence electrons. The van der Waals surface area contributed by atoms with E-state index in [0.717, 1.165) is 12.0 Å². The van der Waals surface area contributed by atoms with Crippen LogP contribution in [0.15, 0.2) is 24.3 Å². The molecule has 0 radical (unpaired) electrons. The van der Waals surface area contributed by atoms with Crippen LogP contribution in [0.25, 0.3) is 0 Å². The SMILES string of the molecule is NC1(C(=O)Nc2ccccc2CCC(=O)O)CCC1. The van der Waals surface area contributed by atoms with Crippen LogP contribution in [0.1, 0.15) is 31.2 Å². The van der Waals surface area contributed by atoms with Crippen LogP contribution in [0.3, 0.4) is 0 Å². The summed E-state index contributed by atoms with van der Waals surface area (Å²) in [5, 5.41) is 11.5. The fraction of sp³-hybridized carbons (Fsp3) is 0.429. The zero-order chi connectivity index (χ0) is 13.9. The number of benzene rings is 1. The molecule has 0 bridgehead atoms. The lowest BCUT2D eigenvalue weighted by atomic mass is 9.77. The minimum atomic E-state index is -0.851. The summed E-state index contributed by atoms with van der Waals surface area (Å²) in [5.74, 6) is -1.03. The number of para-hydroxylation sites is 1. The highest BCUT2D eigenvalue weighted by Gasteiger charge is 2.40. The first-order chi connectivity index (χ1) is 9.01. The molecule has 1 fully saturated rings. The Bertz CT molecular complexity index is 495. The number of carbonyl (C=O) groups is 2. The average Bonchev–Trinajstić information content (AvgIpc) is 2.34. The van der Waals surface area contributed by atoms with Crippen LogP contribution in [0.2, 0.25) is 0 Å². The lowest BCUT2D eigenvalue weighted by molar-refractivity contribution is -0.137. The van der Waals surface area contributed by atoms with E-state index in [1.807, 2.05) is 18.2 Å². The van der Waals surface area contributed by atoms with Crippen molar-refractivity contribution in [1.82, 2.24) is 0 Å². The smallest absolute Gasteiger partial charge is 0.303 e. The number of carboxylic acid groups (broad SMARTS) is 1. The number of nitrogens with one attached hydrogen (secondary N) is 1. The predicted molar refractivity (Wildman–Crippen MR) is 71.8 cm³/mol. The number of aryl methyl sites for hydroxylation is 1. The second-order valence-electron chi connectivity index (χ2n) is 5.01. The van der Waals surface area contributed by atoms with Crippen molar-refractivity contribution in [2.75, 3.05) is 5.32 Å². The van der Waals surface area contributed by atoms with E-state index in [4.69, 9.17) is 10.8 Å². The number of anilines is 1. The highest BCUT2D eigenvalue weighted by atomic mass is 16.4. The lowest BCUT2D eigenvalue weighted by Crippen LogP contribution is -2.56. The van der Waals surface area contributed by atoms with Gasteiger partial charge in [-0.05, 0) is 37.3 Å². The molecule has 0 heterocycles. The number of hydrogen-bond donors (Lipinski definition) is 3. The number of carboxylic acids is 1. The monoisotopic (exact) mass is 262 g/mol. The molecule has 0 aromatic heterocycles. The van der Waals surface area contributed by atoms with Gasteiger partial charge < -0.3 is 16.2 Å². The van der Waals surface area contributed by atoms with Crippen molar-refractivity contribution in [2.24, 2.45) is 5.73 Å². The van der Waals surface area contributed by atoms with Gasteiger partial charge in [-0.1, -0.05) is 18.2 Å². The molecule has 5 heteroatoms. The van der Waals surface area contributed by atoms with E-state index >= 15 is 0 Å². The van der Waals surface area contributed by atoms with Crippen LogP contribution in [-0.4, -0.2) is 22.5 Å². The van der Waals surface area contributed by atoms with Crippen molar-refractivity contribution in [3.8, 4) is 0 Å². The summed E-state index contributed by atoms with van der Waals surface area (Å²) in [7, 11) is 0. The van der Waals surface area contributed by atoms with Crippen molar-refractivity contribution in [3.05, 3.63) is 29.8 Å². The summed E-state index contributed by atoms with van der Waals surface area (Å²) < 4.78 is 0. The van der Waals surface area contributed by atoms with E-state index in [9.17, 15) is 9.59 Å². The highest BCUT2D eigenvalue weighted by Crippen LogP contribution is 2.30. The molecule has 2 rings (SSSR count). The molecule has 0 aliphatic heterocycles. The molecule has 1 aromatic carbocycles.